The van der Waals surface area contributed by atoms with Crippen LogP contribution in [-0.2, 0) is 4.79 Å². The fourth-order valence-corrected chi connectivity index (χ4v) is 3.48. The van der Waals surface area contributed by atoms with Gasteiger partial charge in [0.1, 0.15) is 11.9 Å². The van der Waals surface area contributed by atoms with Gasteiger partial charge in [-0.15, -0.1) is 11.3 Å². The van der Waals surface area contributed by atoms with Gasteiger partial charge in [0.05, 0.1) is 5.57 Å². The predicted octanol–water partition coefficient (Wildman–Crippen LogP) is 3.44. The molecule has 0 saturated heterocycles. The molecule has 130 valence electrons. The van der Waals surface area contributed by atoms with Gasteiger partial charge in [-0.2, -0.15) is 0 Å². The number of carbonyl (C=O) groups is 1. The summed E-state index contributed by atoms with van der Waals surface area (Å²) in [6, 6.07) is 3.46. The predicted molar refractivity (Wildman–Crippen MR) is 97.3 cm³/mol. The Bertz CT molecular complexity index is 864. The number of benzene rings is 1. The zero-order valence-electron chi connectivity index (χ0n) is 13.6. The number of nitrogens with one attached hydrogen (secondary N) is 2. The van der Waals surface area contributed by atoms with E-state index in [0.29, 0.717) is 34.2 Å². The SMILES string of the molecule is CCNC(=O)C1=C(C)NC(c2nccs2)=N[C@H]1c1ccc(F)cc1Cl. The standard InChI is InChI=1S/C17H16ClFN4OS/c1-3-20-16(24)13-9(2)22-15(17-21-6-7-25-17)23-14(13)11-5-4-10(19)8-12(11)18/h4-8,14H,3H2,1-2H3,(H,20,24)(H,22,23)/t14-/m0/s1. The number of aromatic nitrogens is 1. The highest BCUT2D eigenvalue weighted by Crippen LogP contribution is 2.35. The lowest BCUT2D eigenvalue weighted by molar-refractivity contribution is -0.117. The molecule has 0 fully saturated rings. The van der Waals surface area contributed by atoms with E-state index in [4.69, 9.17) is 11.6 Å². The van der Waals surface area contributed by atoms with Crippen LogP contribution in [0.5, 0.6) is 0 Å². The Morgan fingerprint density at radius 1 is 1.48 bits per heavy atom. The number of rotatable bonds is 4. The highest BCUT2D eigenvalue weighted by molar-refractivity contribution is 7.11. The first-order chi connectivity index (χ1) is 12.0. The zero-order valence-corrected chi connectivity index (χ0v) is 15.2. The maximum Gasteiger partial charge on any atom is 0.251 e. The molecule has 1 aliphatic heterocycles. The van der Waals surface area contributed by atoms with Crippen molar-refractivity contribution in [2.24, 2.45) is 4.99 Å². The number of aliphatic imine (C=N–C) groups is 1. The minimum atomic E-state index is -0.639. The average Bonchev–Trinajstić information content (AvgIpc) is 3.08. The lowest BCUT2D eigenvalue weighted by Gasteiger charge is -2.26. The highest BCUT2D eigenvalue weighted by Gasteiger charge is 2.31. The van der Waals surface area contributed by atoms with Crippen LogP contribution in [-0.4, -0.2) is 23.3 Å². The van der Waals surface area contributed by atoms with Crippen LogP contribution in [0.25, 0.3) is 0 Å². The number of thiazole rings is 1. The van der Waals surface area contributed by atoms with Gasteiger partial charge in [-0.1, -0.05) is 17.7 Å². The molecular formula is C17H16ClFN4OS. The van der Waals surface area contributed by atoms with Crippen LogP contribution >= 0.6 is 22.9 Å². The number of nitrogens with zero attached hydrogens (tertiary/aromatic N) is 2. The molecule has 1 aromatic heterocycles. The van der Waals surface area contributed by atoms with Crippen LogP contribution < -0.4 is 10.6 Å². The third-order valence-electron chi connectivity index (χ3n) is 3.72. The number of amidine groups is 1. The Kier molecular flexibility index (Phi) is 5.15. The Balaban J connectivity index is 2.11. The van der Waals surface area contributed by atoms with Gasteiger partial charge in [-0.25, -0.2) is 9.37 Å². The van der Waals surface area contributed by atoms with Crippen molar-refractivity contribution in [3.63, 3.8) is 0 Å². The van der Waals surface area contributed by atoms with Crippen molar-refractivity contribution in [3.8, 4) is 0 Å². The number of hydrogen-bond acceptors (Lipinski definition) is 5. The van der Waals surface area contributed by atoms with E-state index in [0.717, 1.165) is 0 Å². The van der Waals surface area contributed by atoms with Crippen LogP contribution in [0.2, 0.25) is 5.02 Å². The van der Waals surface area contributed by atoms with E-state index in [1.54, 1.807) is 19.2 Å². The normalized spacial score (nSPS) is 17.1. The van der Waals surface area contributed by atoms with Gasteiger partial charge in [0.2, 0.25) is 0 Å². The molecule has 0 radical (unpaired) electrons. The smallest absolute Gasteiger partial charge is 0.251 e. The summed E-state index contributed by atoms with van der Waals surface area (Å²) in [4.78, 5) is 21.5. The van der Waals surface area contributed by atoms with Crippen molar-refractivity contribution in [3.05, 3.63) is 62.5 Å². The highest BCUT2D eigenvalue weighted by atomic mass is 35.5. The molecule has 25 heavy (non-hydrogen) atoms. The van der Waals surface area contributed by atoms with Crippen LogP contribution in [0.15, 0.2) is 46.0 Å². The number of halogens is 2. The number of amides is 1. The lowest BCUT2D eigenvalue weighted by Crippen LogP contribution is -2.36. The quantitative estimate of drug-likeness (QED) is 0.856. The van der Waals surface area contributed by atoms with Crippen molar-refractivity contribution in [1.29, 1.82) is 0 Å². The molecule has 1 aliphatic rings. The summed E-state index contributed by atoms with van der Waals surface area (Å²) < 4.78 is 13.4. The minimum Gasteiger partial charge on any atom is -0.352 e. The van der Waals surface area contributed by atoms with E-state index < -0.39 is 11.9 Å². The molecule has 0 spiro atoms. The van der Waals surface area contributed by atoms with Crippen molar-refractivity contribution in [1.82, 2.24) is 15.6 Å². The first-order valence-corrected chi connectivity index (χ1v) is 8.95. The summed E-state index contributed by atoms with van der Waals surface area (Å²) in [5.41, 5.74) is 1.69. The molecule has 3 rings (SSSR count). The van der Waals surface area contributed by atoms with Crippen LogP contribution in [0, 0.1) is 5.82 Å². The molecule has 0 aliphatic carbocycles. The van der Waals surface area contributed by atoms with Gasteiger partial charge < -0.3 is 10.6 Å². The summed E-state index contributed by atoms with van der Waals surface area (Å²) in [7, 11) is 0. The number of carbonyl (C=O) groups excluding carboxylic acids is 1. The van der Waals surface area contributed by atoms with Gasteiger partial charge >= 0.3 is 0 Å². The molecule has 2 N–H and O–H groups in total. The molecule has 8 heteroatoms. The van der Waals surface area contributed by atoms with Crippen LogP contribution in [0.4, 0.5) is 4.39 Å². The summed E-state index contributed by atoms with van der Waals surface area (Å²) in [6.45, 7) is 4.13. The topological polar surface area (TPSA) is 66.4 Å². The molecule has 5 nitrogen and oxygen atoms in total. The molecule has 0 saturated carbocycles. The first-order valence-electron chi connectivity index (χ1n) is 7.69. The van der Waals surface area contributed by atoms with E-state index >= 15 is 0 Å². The summed E-state index contributed by atoms with van der Waals surface area (Å²) in [5, 5.41) is 8.70. The number of allylic oxidation sites excluding steroid dienone is 1. The van der Waals surface area contributed by atoms with Crippen molar-refractivity contribution in [2.45, 2.75) is 19.9 Å². The average molecular weight is 379 g/mol. The van der Waals surface area contributed by atoms with Crippen LogP contribution in [0.3, 0.4) is 0 Å². The molecule has 2 aromatic rings. The Morgan fingerprint density at radius 3 is 2.92 bits per heavy atom. The molecule has 2 heterocycles. The number of hydrogen-bond donors (Lipinski definition) is 2. The summed E-state index contributed by atoms with van der Waals surface area (Å²) >= 11 is 7.67. The third kappa shape index (κ3) is 3.57. The van der Waals surface area contributed by atoms with Gasteiger partial charge in [-0.3, -0.25) is 9.79 Å². The fraction of sp³-hybridized carbons (Fsp3) is 0.235. The zero-order chi connectivity index (χ0) is 18.0. The second kappa shape index (κ2) is 7.33. The molecule has 0 unspecified atom stereocenters. The number of likely N-dealkylation sites (N-methyl/N-ethyl adjacent to an activating group) is 1. The van der Waals surface area contributed by atoms with E-state index in [2.05, 4.69) is 20.6 Å². The molecule has 1 aromatic carbocycles. The largest absolute Gasteiger partial charge is 0.352 e. The van der Waals surface area contributed by atoms with Gasteiger partial charge in [-0.05, 0) is 26.0 Å². The van der Waals surface area contributed by atoms with E-state index in [1.807, 2.05) is 12.3 Å². The monoisotopic (exact) mass is 378 g/mol. The maximum atomic E-state index is 13.4. The van der Waals surface area contributed by atoms with Gasteiger partial charge in [0.25, 0.3) is 5.91 Å². The molecule has 0 bridgehead atoms. The maximum absolute atomic E-state index is 13.4. The lowest BCUT2D eigenvalue weighted by atomic mass is 9.95. The van der Waals surface area contributed by atoms with Crippen molar-refractivity contribution in [2.75, 3.05) is 6.54 Å². The second-order valence-corrected chi connectivity index (χ2v) is 6.71. The second-order valence-electron chi connectivity index (χ2n) is 5.41. The fourth-order valence-electron chi connectivity index (χ4n) is 2.62. The third-order valence-corrected chi connectivity index (χ3v) is 4.82. The van der Waals surface area contributed by atoms with Crippen molar-refractivity contribution < 1.29 is 9.18 Å². The molecular weight excluding hydrogens is 363 g/mol. The minimum absolute atomic E-state index is 0.226. The Hall–Kier alpha value is -2.25. The Labute approximate surface area is 153 Å². The molecule has 1 atom stereocenters. The van der Waals surface area contributed by atoms with E-state index in [-0.39, 0.29) is 10.9 Å². The van der Waals surface area contributed by atoms with Crippen molar-refractivity contribution >= 4 is 34.7 Å². The first kappa shape index (κ1) is 17.6. The van der Waals surface area contributed by atoms with E-state index in [1.165, 1.54) is 23.5 Å². The van der Waals surface area contributed by atoms with Gasteiger partial charge in [0.15, 0.2) is 10.8 Å². The van der Waals surface area contributed by atoms with E-state index in [9.17, 15) is 9.18 Å². The summed E-state index contributed by atoms with van der Waals surface area (Å²) in [6.07, 6.45) is 1.68. The summed E-state index contributed by atoms with van der Waals surface area (Å²) in [5.74, 6) is -0.113. The Morgan fingerprint density at radius 2 is 2.28 bits per heavy atom. The molecule has 1 amide bonds. The van der Waals surface area contributed by atoms with Gasteiger partial charge in [0, 0.05) is 34.4 Å². The van der Waals surface area contributed by atoms with Crippen LogP contribution in [0.1, 0.15) is 30.5 Å².